The summed E-state index contributed by atoms with van der Waals surface area (Å²) in [6, 6.07) is 11.9. The van der Waals surface area contributed by atoms with Crippen molar-refractivity contribution < 1.29 is 14.3 Å². The number of methoxy groups -OCH3 is 1. The summed E-state index contributed by atoms with van der Waals surface area (Å²) in [6.45, 7) is 1.87. The molecule has 1 heterocycles. The van der Waals surface area contributed by atoms with Crippen LogP contribution in [0, 0.1) is 6.92 Å². The second kappa shape index (κ2) is 6.53. The first-order valence-electron chi connectivity index (χ1n) is 7.53. The molecule has 1 saturated heterocycles. The number of hydrogen-bond acceptors (Lipinski definition) is 4. The van der Waals surface area contributed by atoms with Crippen LogP contribution in [0.5, 0.6) is 5.75 Å². The molecule has 2 amide bonds. The Morgan fingerprint density at radius 3 is 2.62 bits per heavy atom. The third-order valence-electron chi connectivity index (χ3n) is 4.00. The average molecular weight is 345 g/mol. The molecule has 1 aliphatic rings. The van der Waals surface area contributed by atoms with Crippen LogP contribution in [0.3, 0.4) is 0 Å². The second-order valence-electron chi connectivity index (χ2n) is 5.60. The number of hydrogen-bond donors (Lipinski definition) is 1. The first kappa shape index (κ1) is 16.3. The van der Waals surface area contributed by atoms with Gasteiger partial charge in [0.1, 0.15) is 11.8 Å². The monoisotopic (exact) mass is 344 g/mol. The summed E-state index contributed by atoms with van der Waals surface area (Å²) in [5.41, 5.74) is 2.18. The minimum absolute atomic E-state index is 0.108. The van der Waals surface area contributed by atoms with Gasteiger partial charge in [0.15, 0.2) is 0 Å². The zero-order valence-corrected chi connectivity index (χ0v) is 14.1. The SMILES string of the molecule is COc1ccc(N[C@@H]2CC(=O)N(c3ccccc3C)C2=O)cc1Cl. The predicted molar refractivity (Wildman–Crippen MR) is 93.7 cm³/mol. The number of para-hydroxylation sites is 1. The molecular formula is C18H17ClN2O3. The van der Waals surface area contributed by atoms with Gasteiger partial charge in [0.2, 0.25) is 5.91 Å². The maximum absolute atomic E-state index is 12.7. The first-order valence-corrected chi connectivity index (χ1v) is 7.91. The number of imide groups is 1. The molecule has 6 heteroatoms. The maximum Gasteiger partial charge on any atom is 0.256 e. The molecular weight excluding hydrogens is 328 g/mol. The first-order chi connectivity index (χ1) is 11.5. The number of nitrogens with one attached hydrogen (secondary N) is 1. The van der Waals surface area contributed by atoms with Gasteiger partial charge in [-0.1, -0.05) is 29.8 Å². The molecule has 1 N–H and O–H groups in total. The highest BCUT2D eigenvalue weighted by Gasteiger charge is 2.40. The van der Waals surface area contributed by atoms with E-state index >= 15 is 0 Å². The van der Waals surface area contributed by atoms with Crippen LogP contribution >= 0.6 is 11.6 Å². The summed E-state index contributed by atoms with van der Waals surface area (Å²) in [5, 5.41) is 3.52. The van der Waals surface area contributed by atoms with Gasteiger partial charge in [-0.05, 0) is 36.8 Å². The molecule has 5 nitrogen and oxygen atoms in total. The quantitative estimate of drug-likeness (QED) is 0.864. The van der Waals surface area contributed by atoms with Crippen LogP contribution in [0.25, 0.3) is 0 Å². The zero-order chi connectivity index (χ0) is 17.3. The van der Waals surface area contributed by atoms with Gasteiger partial charge in [-0.15, -0.1) is 0 Å². The summed E-state index contributed by atoms with van der Waals surface area (Å²) >= 11 is 6.10. The molecule has 124 valence electrons. The number of amides is 2. The molecule has 2 aromatic carbocycles. The van der Waals surface area contributed by atoms with Crippen molar-refractivity contribution in [2.24, 2.45) is 0 Å². The van der Waals surface area contributed by atoms with Crippen molar-refractivity contribution >= 4 is 34.8 Å². The Kier molecular flexibility index (Phi) is 4.44. The average Bonchev–Trinajstić information content (AvgIpc) is 2.82. The Labute approximate surface area is 145 Å². The molecule has 0 aromatic heterocycles. The number of halogens is 1. The number of aryl methyl sites for hydroxylation is 1. The van der Waals surface area contributed by atoms with Crippen molar-refractivity contribution in [1.29, 1.82) is 0 Å². The van der Waals surface area contributed by atoms with Gasteiger partial charge in [-0.3, -0.25) is 9.59 Å². The van der Waals surface area contributed by atoms with E-state index in [1.54, 1.807) is 24.3 Å². The lowest BCUT2D eigenvalue weighted by molar-refractivity contribution is -0.121. The van der Waals surface area contributed by atoms with Crippen molar-refractivity contribution in [2.45, 2.75) is 19.4 Å². The number of nitrogens with zero attached hydrogens (tertiary/aromatic N) is 1. The normalized spacial score (nSPS) is 17.3. The van der Waals surface area contributed by atoms with Crippen LogP contribution in [-0.2, 0) is 9.59 Å². The highest BCUT2D eigenvalue weighted by Crippen LogP contribution is 2.30. The van der Waals surface area contributed by atoms with Gasteiger partial charge in [-0.2, -0.15) is 0 Å². The fraction of sp³-hybridized carbons (Fsp3) is 0.222. The number of benzene rings is 2. The smallest absolute Gasteiger partial charge is 0.256 e. The number of anilines is 2. The Bertz CT molecular complexity index is 807. The van der Waals surface area contributed by atoms with Gasteiger partial charge < -0.3 is 10.1 Å². The van der Waals surface area contributed by atoms with Gasteiger partial charge >= 0.3 is 0 Å². The molecule has 1 aliphatic heterocycles. The lowest BCUT2D eigenvalue weighted by atomic mass is 10.2. The second-order valence-corrected chi connectivity index (χ2v) is 6.01. The fourth-order valence-electron chi connectivity index (χ4n) is 2.77. The van der Waals surface area contributed by atoms with E-state index in [0.717, 1.165) is 5.56 Å². The van der Waals surface area contributed by atoms with Gasteiger partial charge in [0, 0.05) is 5.69 Å². The van der Waals surface area contributed by atoms with Gasteiger partial charge in [0.25, 0.3) is 5.91 Å². The van der Waals surface area contributed by atoms with Crippen LogP contribution in [-0.4, -0.2) is 25.0 Å². The predicted octanol–water partition coefficient (Wildman–Crippen LogP) is 3.40. The molecule has 1 atom stereocenters. The third kappa shape index (κ3) is 2.95. The summed E-state index contributed by atoms with van der Waals surface area (Å²) in [6.07, 6.45) is 0.108. The van der Waals surface area contributed by atoms with Crippen molar-refractivity contribution in [3.8, 4) is 5.75 Å². The van der Waals surface area contributed by atoms with Crippen molar-refractivity contribution in [3.63, 3.8) is 0 Å². The number of carbonyl (C=O) groups excluding carboxylic acids is 2. The molecule has 24 heavy (non-hydrogen) atoms. The standard InChI is InChI=1S/C18H17ClN2O3/c1-11-5-3-4-6-15(11)21-17(22)10-14(18(21)23)20-12-7-8-16(24-2)13(19)9-12/h3-9,14,20H,10H2,1-2H3/t14-/m1/s1. The number of rotatable bonds is 4. The summed E-state index contributed by atoms with van der Waals surface area (Å²) in [5.74, 6) is 0.0743. The third-order valence-corrected chi connectivity index (χ3v) is 4.29. The Morgan fingerprint density at radius 1 is 1.21 bits per heavy atom. The summed E-state index contributed by atoms with van der Waals surface area (Å²) in [4.78, 5) is 26.2. The summed E-state index contributed by atoms with van der Waals surface area (Å²) < 4.78 is 5.11. The van der Waals surface area contributed by atoms with Gasteiger partial charge in [-0.25, -0.2) is 4.90 Å². The molecule has 0 spiro atoms. The topological polar surface area (TPSA) is 58.6 Å². The molecule has 0 unspecified atom stereocenters. The lowest BCUT2D eigenvalue weighted by Crippen LogP contribution is -2.35. The molecule has 0 bridgehead atoms. The maximum atomic E-state index is 12.7. The minimum atomic E-state index is -0.610. The van der Waals surface area contributed by atoms with E-state index in [0.29, 0.717) is 22.1 Å². The van der Waals surface area contributed by atoms with E-state index in [9.17, 15) is 9.59 Å². The number of ether oxygens (including phenoxy) is 1. The van der Waals surface area contributed by atoms with Crippen LogP contribution in [0.1, 0.15) is 12.0 Å². The largest absolute Gasteiger partial charge is 0.495 e. The molecule has 0 saturated carbocycles. The van der Waals surface area contributed by atoms with Crippen molar-refractivity contribution in [2.75, 3.05) is 17.3 Å². The highest BCUT2D eigenvalue weighted by atomic mass is 35.5. The zero-order valence-electron chi connectivity index (χ0n) is 13.4. The lowest BCUT2D eigenvalue weighted by Gasteiger charge is -2.18. The van der Waals surface area contributed by atoms with Gasteiger partial charge in [0.05, 0.1) is 24.2 Å². The van der Waals surface area contributed by atoms with E-state index in [1.807, 2.05) is 25.1 Å². The van der Waals surface area contributed by atoms with E-state index < -0.39 is 6.04 Å². The fourth-order valence-corrected chi connectivity index (χ4v) is 3.03. The highest BCUT2D eigenvalue weighted by molar-refractivity contribution is 6.32. The molecule has 1 fully saturated rings. The van der Waals surface area contributed by atoms with Crippen LogP contribution in [0.15, 0.2) is 42.5 Å². The molecule has 2 aromatic rings. The Hall–Kier alpha value is -2.53. The van der Waals surface area contributed by atoms with E-state index in [1.165, 1.54) is 12.0 Å². The van der Waals surface area contributed by atoms with Crippen molar-refractivity contribution in [1.82, 2.24) is 0 Å². The van der Waals surface area contributed by atoms with E-state index in [4.69, 9.17) is 16.3 Å². The molecule has 0 aliphatic carbocycles. The Balaban J connectivity index is 1.82. The molecule has 3 rings (SSSR count). The molecule has 0 radical (unpaired) electrons. The minimum Gasteiger partial charge on any atom is -0.495 e. The van der Waals surface area contributed by atoms with Crippen LogP contribution in [0.4, 0.5) is 11.4 Å². The van der Waals surface area contributed by atoms with Crippen LogP contribution in [0.2, 0.25) is 5.02 Å². The van der Waals surface area contributed by atoms with Crippen LogP contribution < -0.4 is 15.0 Å². The van der Waals surface area contributed by atoms with E-state index in [-0.39, 0.29) is 18.2 Å². The Morgan fingerprint density at radius 2 is 1.96 bits per heavy atom. The summed E-state index contributed by atoms with van der Waals surface area (Å²) in [7, 11) is 1.54. The van der Waals surface area contributed by atoms with Crippen molar-refractivity contribution in [3.05, 3.63) is 53.1 Å². The van der Waals surface area contributed by atoms with E-state index in [2.05, 4.69) is 5.32 Å². The number of carbonyl (C=O) groups is 2.